The zero-order valence-electron chi connectivity index (χ0n) is 9.09. The van der Waals surface area contributed by atoms with E-state index in [1.165, 1.54) is 13.2 Å². The van der Waals surface area contributed by atoms with Gasteiger partial charge in [0.1, 0.15) is 0 Å². The lowest BCUT2D eigenvalue weighted by atomic mass is 10.0. The summed E-state index contributed by atoms with van der Waals surface area (Å²) in [5.74, 6) is -0.145. The van der Waals surface area contributed by atoms with Crippen molar-refractivity contribution in [2.24, 2.45) is 5.73 Å². The van der Waals surface area contributed by atoms with Gasteiger partial charge in [0.25, 0.3) is 0 Å². The molecule has 1 aromatic rings. The number of ether oxygens (including phenoxy) is 1. The summed E-state index contributed by atoms with van der Waals surface area (Å²) in [6.07, 6.45) is 0.659. The second-order valence-corrected chi connectivity index (χ2v) is 3.66. The zero-order valence-corrected chi connectivity index (χ0v) is 9.09. The first kappa shape index (κ1) is 11.7. The minimum atomic E-state index is -0.382. The number of methoxy groups -OCH3 is 1. The maximum Gasteiger partial charge on any atom is 0.165 e. The minimum absolute atomic E-state index is 0.206. The first-order chi connectivity index (χ1) is 7.04. The Balaban J connectivity index is 2.87. The van der Waals surface area contributed by atoms with Crippen molar-refractivity contribution >= 4 is 0 Å². The van der Waals surface area contributed by atoms with Crippen LogP contribution in [-0.2, 0) is 0 Å². The number of hydrogen-bond donors (Lipinski definition) is 1. The molecule has 2 nitrogen and oxygen atoms in total. The monoisotopic (exact) mass is 209 g/mol. The fourth-order valence-corrected chi connectivity index (χ4v) is 1.41. The van der Waals surface area contributed by atoms with Crippen LogP contribution in [-0.4, -0.2) is 7.11 Å². The van der Waals surface area contributed by atoms with Crippen LogP contribution in [0.1, 0.15) is 24.9 Å². The normalized spacial score (nSPS) is 12.3. The summed E-state index contributed by atoms with van der Waals surface area (Å²) in [4.78, 5) is 0. The molecule has 82 valence electrons. The lowest BCUT2D eigenvalue weighted by Crippen LogP contribution is -2.10. The van der Waals surface area contributed by atoms with Gasteiger partial charge in [0.05, 0.1) is 7.11 Å². The Morgan fingerprint density at radius 3 is 2.73 bits per heavy atom. The average molecular weight is 209 g/mol. The van der Waals surface area contributed by atoms with Crippen molar-refractivity contribution in [3.63, 3.8) is 0 Å². The van der Waals surface area contributed by atoms with E-state index in [0.717, 1.165) is 11.1 Å². The molecule has 0 radical (unpaired) electrons. The van der Waals surface area contributed by atoms with E-state index in [2.05, 4.69) is 6.58 Å². The molecular formula is C12H16FNO. The van der Waals surface area contributed by atoms with Crippen LogP contribution in [0, 0.1) is 5.82 Å². The van der Waals surface area contributed by atoms with E-state index in [4.69, 9.17) is 10.5 Å². The van der Waals surface area contributed by atoms with Crippen LogP contribution in [0.5, 0.6) is 5.75 Å². The summed E-state index contributed by atoms with van der Waals surface area (Å²) >= 11 is 0. The summed E-state index contributed by atoms with van der Waals surface area (Å²) in [7, 11) is 1.44. The van der Waals surface area contributed by atoms with Crippen molar-refractivity contribution in [3.05, 3.63) is 41.7 Å². The second-order valence-electron chi connectivity index (χ2n) is 3.66. The molecule has 0 aliphatic heterocycles. The molecule has 0 aliphatic rings. The molecule has 0 unspecified atom stereocenters. The third kappa shape index (κ3) is 3.06. The molecule has 0 aromatic heterocycles. The maximum absolute atomic E-state index is 13.3. The summed E-state index contributed by atoms with van der Waals surface area (Å²) in [5.41, 5.74) is 7.63. The molecule has 1 aromatic carbocycles. The van der Waals surface area contributed by atoms with Crippen LogP contribution in [0.3, 0.4) is 0 Å². The van der Waals surface area contributed by atoms with Crippen molar-refractivity contribution in [2.75, 3.05) is 7.11 Å². The highest BCUT2D eigenvalue weighted by atomic mass is 19.1. The van der Waals surface area contributed by atoms with E-state index in [0.29, 0.717) is 6.42 Å². The molecule has 0 saturated heterocycles. The van der Waals surface area contributed by atoms with Crippen molar-refractivity contribution in [2.45, 2.75) is 19.4 Å². The lowest BCUT2D eigenvalue weighted by Gasteiger charge is -2.12. The fourth-order valence-electron chi connectivity index (χ4n) is 1.41. The molecule has 0 saturated carbocycles. The molecule has 1 rings (SSSR count). The zero-order chi connectivity index (χ0) is 11.4. The number of nitrogens with two attached hydrogens (primary N) is 1. The summed E-state index contributed by atoms with van der Waals surface area (Å²) < 4.78 is 18.2. The van der Waals surface area contributed by atoms with Gasteiger partial charge in [0.2, 0.25) is 0 Å². The number of halogens is 1. The second kappa shape index (κ2) is 4.94. The molecular weight excluding hydrogens is 193 g/mol. The standard InChI is InChI=1S/C12H16FNO/c1-8(2)6-11(14)9-4-5-12(15-3)10(13)7-9/h4-5,7,11H,1,6,14H2,2-3H3/t11-/m1/s1. The molecule has 0 aliphatic carbocycles. The minimum Gasteiger partial charge on any atom is -0.494 e. The molecule has 0 bridgehead atoms. The Morgan fingerprint density at radius 2 is 2.27 bits per heavy atom. The average Bonchev–Trinajstić information content (AvgIpc) is 2.16. The summed E-state index contributed by atoms with van der Waals surface area (Å²) in [6, 6.07) is 4.56. The Labute approximate surface area is 89.6 Å². The Bertz CT molecular complexity index is 363. The van der Waals surface area contributed by atoms with Crippen LogP contribution < -0.4 is 10.5 Å². The largest absolute Gasteiger partial charge is 0.494 e. The van der Waals surface area contributed by atoms with Crippen LogP contribution in [0.4, 0.5) is 4.39 Å². The highest BCUT2D eigenvalue weighted by Crippen LogP contribution is 2.23. The van der Waals surface area contributed by atoms with Gasteiger partial charge in [-0.25, -0.2) is 4.39 Å². The van der Waals surface area contributed by atoms with Crippen LogP contribution in [0.15, 0.2) is 30.4 Å². The molecule has 3 heteroatoms. The first-order valence-corrected chi connectivity index (χ1v) is 4.78. The Hall–Kier alpha value is -1.35. The van der Waals surface area contributed by atoms with Crippen LogP contribution >= 0.6 is 0 Å². The van der Waals surface area contributed by atoms with E-state index in [1.54, 1.807) is 12.1 Å². The van der Waals surface area contributed by atoms with E-state index in [9.17, 15) is 4.39 Å². The van der Waals surface area contributed by atoms with Gasteiger partial charge in [0, 0.05) is 6.04 Å². The van der Waals surface area contributed by atoms with Crippen molar-refractivity contribution in [1.82, 2.24) is 0 Å². The van der Waals surface area contributed by atoms with E-state index >= 15 is 0 Å². The van der Waals surface area contributed by atoms with Crippen LogP contribution in [0.25, 0.3) is 0 Å². The lowest BCUT2D eigenvalue weighted by molar-refractivity contribution is 0.386. The molecule has 0 amide bonds. The van der Waals surface area contributed by atoms with Crippen LogP contribution in [0.2, 0.25) is 0 Å². The highest BCUT2D eigenvalue weighted by molar-refractivity contribution is 5.31. The molecule has 1 atom stereocenters. The quantitative estimate of drug-likeness (QED) is 0.774. The number of hydrogen-bond acceptors (Lipinski definition) is 2. The molecule has 0 heterocycles. The van der Waals surface area contributed by atoms with E-state index < -0.39 is 0 Å². The Morgan fingerprint density at radius 1 is 1.60 bits per heavy atom. The van der Waals surface area contributed by atoms with E-state index in [-0.39, 0.29) is 17.6 Å². The smallest absolute Gasteiger partial charge is 0.165 e. The highest BCUT2D eigenvalue weighted by Gasteiger charge is 2.09. The van der Waals surface area contributed by atoms with Gasteiger partial charge in [-0.2, -0.15) is 0 Å². The summed E-state index contributed by atoms with van der Waals surface area (Å²) in [5, 5.41) is 0. The predicted molar refractivity (Wildman–Crippen MR) is 59.3 cm³/mol. The van der Waals surface area contributed by atoms with Gasteiger partial charge in [0.15, 0.2) is 11.6 Å². The SMILES string of the molecule is C=C(C)C[C@@H](N)c1ccc(OC)c(F)c1. The third-order valence-electron chi connectivity index (χ3n) is 2.17. The van der Waals surface area contributed by atoms with E-state index in [1.807, 2.05) is 6.92 Å². The summed E-state index contributed by atoms with van der Waals surface area (Å²) in [6.45, 7) is 5.68. The predicted octanol–water partition coefficient (Wildman–Crippen LogP) is 2.80. The molecule has 0 fully saturated rings. The topological polar surface area (TPSA) is 35.2 Å². The molecule has 15 heavy (non-hydrogen) atoms. The molecule has 2 N–H and O–H groups in total. The van der Waals surface area contributed by atoms with Gasteiger partial charge in [-0.3, -0.25) is 0 Å². The Kier molecular flexibility index (Phi) is 3.86. The van der Waals surface area contributed by atoms with Gasteiger partial charge in [-0.1, -0.05) is 11.6 Å². The molecule has 0 spiro atoms. The van der Waals surface area contributed by atoms with Gasteiger partial charge in [-0.15, -0.1) is 6.58 Å². The fraction of sp³-hybridized carbons (Fsp3) is 0.333. The number of rotatable bonds is 4. The maximum atomic E-state index is 13.3. The first-order valence-electron chi connectivity index (χ1n) is 4.78. The number of benzene rings is 1. The van der Waals surface area contributed by atoms with Crippen molar-refractivity contribution in [1.29, 1.82) is 0 Å². The van der Waals surface area contributed by atoms with Gasteiger partial charge >= 0.3 is 0 Å². The van der Waals surface area contributed by atoms with Crippen molar-refractivity contribution < 1.29 is 9.13 Å². The van der Waals surface area contributed by atoms with Crippen molar-refractivity contribution in [3.8, 4) is 5.75 Å². The van der Waals surface area contributed by atoms with Gasteiger partial charge < -0.3 is 10.5 Å². The third-order valence-corrected chi connectivity index (χ3v) is 2.17. The van der Waals surface area contributed by atoms with Gasteiger partial charge in [-0.05, 0) is 31.0 Å².